The molecule has 1 aliphatic carbocycles. The van der Waals surface area contributed by atoms with E-state index >= 15 is 0 Å². The van der Waals surface area contributed by atoms with Gasteiger partial charge in [0.05, 0.1) is 57.4 Å². The minimum absolute atomic E-state index is 0.000958. The molecule has 0 radical (unpaired) electrons. The number of ether oxygens (including phenoxy) is 1. The van der Waals surface area contributed by atoms with E-state index in [-0.39, 0.29) is 94.8 Å². The number of pyridine rings is 1. The molecule has 3 fully saturated rings. The second-order valence-corrected chi connectivity index (χ2v) is 16.9. The van der Waals surface area contributed by atoms with Gasteiger partial charge in [-0.05, 0) is 49.4 Å². The largest absolute Gasteiger partial charge is 0.492 e. The number of likely N-dealkylation sites (tertiary alicyclic amines) is 1. The number of benzene rings is 1. The number of halogens is 2. The molecule has 2 aliphatic heterocycles. The van der Waals surface area contributed by atoms with Crippen LogP contribution in [0.2, 0.25) is 0 Å². The van der Waals surface area contributed by atoms with Crippen LogP contribution in [0.5, 0.6) is 5.75 Å². The molecular formula is C44H58F2N10O11. The van der Waals surface area contributed by atoms with Crippen molar-refractivity contribution in [2.45, 2.75) is 50.1 Å². The second kappa shape index (κ2) is 25.0. The zero-order chi connectivity index (χ0) is 48.5. The van der Waals surface area contributed by atoms with Crippen molar-refractivity contribution >= 4 is 41.5 Å². The minimum atomic E-state index is -3.18. The standard InChI is InChI=1S/C44H58F2N10O11/c45-44(46)21-33(22-47)56(29-44)38(58)24-50-43(66)35-9-10-48-23-36(35)30-3-7-34(8-4-30)67-20-11-49-42(65)31-1-5-32(6-2-31)51-37(57)25-52-12-14-53(26-39(59)60)16-18-55(28-41(63)64)19-17-54(15-13-52)27-40(61)62/h3-4,7-10,23,31-33H,1-2,5-6,11-21,24-29H2,(H,49,65)(H,50,66)(H,51,57)(H,59,60)(H,61,62)(H,63,64)/t31?,32?,33-/m0/s1. The lowest BCUT2D eigenvalue weighted by Crippen LogP contribution is -2.50. The van der Waals surface area contributed by atoms with E-state index in [1.165, 1.54) is 18.5 Å². The van der Waals surface area contributed by atoms with Crippen LogP contribution in [0, 0.1) is 17.2 Å². The number of carboxylic acids is 3. The van der Waals surface area contributed by atoms with Crippen molar-refractivity contribution in [3.63, 3.8) is 0 Å². The van der Waals surface area contributed by atoms with Gasteiger partial charge in [-0.15, -0.1) is 0 Å². The maximum atomic E-state index is 13.8. The van der Waals surface area contributed by atoms with Gasteiger partial charge >= 0.3 is 17.9 Å². The summed E-state index contributed by atoms with van der Waals surface area (Å²) in [6.45, 7) is 0.470. The first-order valence-corrected chi connectivity index (χ1v) is 22.1. The first kappa shape index (κ1) is 51.6. The number of nitriles is 1. The van der Waals surface area contributed by atoms with Crippen LogP contribution in [0.15, 0.2) is 42.7 Å². The smallest absolute Gasteiger partial charge is 0.317 e. The van der Waals surface area contributed by atoms with Crippen molar-refractivity contribution < 1.29 is 62.4 Å². The first-order chi connectivity index (χ1) is 32.0. The van der Waals surface area contributed by atoms with Gasteiger partial charge in [-0.2, -0.15) is 5.26 Å². The molecule has 3 heterocycles. The van der Waals surface area contributed by atoms with Gasteiger partial charge in [-0.25, -0.2) is 8.78 Å². The van der Waals surface area contributed by atoms with E-state index in [0.29, 0.717) is 68.7 Å². The number of nitrogens with zero attached hydrogens (tertiary/aromatic N) is 7. The number of hydrogen-bond donors (Lipinski definition) is 6. The van der Waals surface area contributed by atoms with E-state index in [4.69, 9.17) is 4.74 Å². The highest BCUT2D eigenvalue weighted by molar-refractivity contribution is 6.02. The number of rotatable bonds is 18. The molecule has 2 aromatic rings. The van der Waals surface area contributed by atoms with E-state index in [2.05, 4.69) is 20.9 Å². The predicted molar refractivity (Wildman–Crippen MR) is 234 cm³/mol. The Morgan fingerprint density at radius 1 is 0.761 bits per heavy atom. The van der Waals surface area contributed by atoms with Gasteiger partial charge in [0.1, 0.15) is 18.4 Å². The average Bonchev–Trinajstić information content (AvgIpc) is 3.61. The summed E-state index contributed by atoms with van der Waals surface area (Å²) in [5, 5.41) is 46.0. The van der Waals surface area contributed by atoms with Gasteiger partial charge in [0, 0.05) is 88.7 Å². The van der Waals surface area contributed by atoms with Crippen molar-refractivity contribution in [2.75, 3.05) is 105 Å². The quantitative estimate of drug-likeness (QED) is 0.106. The molecule has 1 atom stereocenters. The molecule has 0 bridgehead atoms. The van der Waals surface area contributed by atoms with E-state index < -0.39 is 61.2 Å². The third kappa shape index (κ3) is 16.8. The number of nitrogens with one attached hydrogen (secondary N) is 3. The van der Waals surface area contributed by atoms with E-state index in [1.54, 1.807) is 45.0 Å². The van der Waals surface area contributed by atoms with E-state index in [1.807, 2.05) is 4.90 Å². The summed E-state index contributed by atoms with van der Waals surface area (Å²) in [7, 11) is 0. The Labute approximate surface area is 386 Å². The van der Waals surface area contributed by atoms with Crippen LogP contribution < -0.4 is 20.7 Å². The van der Waals surface area contributed by atoms with Crippen LogP contribution in [0.3, 0.4) is 0 Å². The highest BCUT2D eigenvalue weighted by Gasteiger charge is 2.47. The van der Waals surface area contributed by atoms with Crippen molar-refractivity contribution in [3.05, 3.63) is 48.3 Å². The molecule has 21 nitrogen and oxygen atoms in total. The lowest BCUT2D eigenvalue weighted by molar-refractivity contribution is -0.140. The molecule has 23 heteroatoms. The van der Waals surface area contributed by atoms with Crippen LogP contribution >= 0.6 is 0 Å². The predicted octanol–water partition coefficient (Wildman–Crippen LogP) is -0.116. The molecule has 0 unspecified atom stereocenters. The van der Waals surface area contributed by atoms with Gasteiger partial charge in [0.2, 0.25) is 17.7 Å². The lowest BCUT2D eigenvalue weighted by atomic mass is 9.85. The fourth-order valence-electron chi connectivity index (χ4n) is 8.35. The van der Waals surface area contributed by atoms with Gasteiger partial charge in [-0.1, -0.05) is 12.1 Å². The van der Waals surface area contributed by atoms with Crippen molar-refractivity contribution in [1.29, 1.82) is 5.26 Å². The van der Waals surface area contributed by atoms with Gasteiger partial charge in [0.15, 0.2) is 0 Å². The van der Waals surface area contributed by atoms with Crippen LogP contribution in [0.25, 0.3) is 11.1 Å². The van der Waals surface area contributed by atoms with Gasteiger partial charge < -0.3 is 40.9 Å². The van der Waals surface area contributed by atoms with Crippen molar-refractivity contribution in [2.24, 2.45) is 5.92 Å². The normalized spacial score (nSPS) is 21.1. The molecular weight excluding hydrogens is 883 g/mol. The Bertz CT molecular complexity index is 2070. The zero-order valence-corrected chi connectivity index (χ0v) is 37.1. The number of amides is 4. The molecule has 6 N–H and O–H groups in total. The van der Waals surface area contributed by atoms with Crippen LogP contribution in [0.4, 0.5) is 8.78 Å². The van der Waals surface area contributed by atoms with Gasteiger partial charge in [0.25, 0.3) is 11.8 Å². The minimum Gasteiger partial charge on any atom is -0.492 e. The summed E-state index contributed by atoms with van der Waals surface area (Å²) in [6, 6.07) is 8.51. The summed E-state index contributed by atoms with van der Waals surface area (Å²) in [4.78, 5) is 98.4. The molecule has 4 amide bonds. The van der Waals surface area contributed by atoms with Gasteiger partial charge in [-0.3, -0.25) is 58.1 Å². The summed E-state index contributed by atoms with van der Waals surface area (Å²) >= 11 is 0. The number of aliphatic carboxylic acids is 3. The van der Waals surface area contributed by atoms with Crippen LogP contribution in [0.1, 0.15) is 42.5 Å². The summed E-state index contributed by atoms with van der Waals surface area (Å²) in [5.41, 5.74) is 1.24. The molecule has 1 saturated carbocycles. The Morgan fingerprint density at radius 2 is 1.30 bits per heavy atom. The highest BCUT2D eigenvalue weighted by atomic mass is 19.3. The Morgan fingerprint density at radius 3 is 1.82 bits per heavy atom. The maximum Gasteiger partial charge on any atom is 0.317 e. The van der Waals surface area contributed by atoms with Crippen LogP contribution in [-0.2, 0) is 28.8 Å². The number of hydrogen-bond acceptors (Lipinski definition) is 14. The average molecular weight is 941 g/mol. The molecule has 364 valence electrons. The topological polar surface area (TPSA) is 278 Å². The van der Waals surface area contributed by atoms with Crippen molar-refractivity contribution in [3.8, 4) is 22.9 Å². The number of carbonyl (C=O) groups is 7. The molecule has 3 aliphatic rings. The number of alkyl halides is 2. The fourth-order valence-corrected chi connectivity index (χ4v) is 8.35. The first-order valence-electron chi connectivity index (χ1n) is 22.1. The van der Waals surface area contributed by atoms with Crippen molar-refractivity contribution in [1.82, 2.24) is 45.4 Å². The fraction of sp³-hybridized carbons (Fsp3) is 0.568. The summed E-state index contributed by atoms with van der Waals surface area (Å²) in [6.07, 6.45) is 4.39. The Balaban J connectivity index is 1.03. The zero-order valence-electron chi connectivity index (χ0n) is 37.1. The lowest BCUT2D eigenvalue weighted by Gasteiger charge is -2.33. The monoisotopic (exact) mass is 940 g/mol. The molecule has 0 spiro atoms. The SMILES string of the molecule is N#C[C@@H]1CC(F)(F)CN1C(=O)CNC(=O)c1ccncc1-c1ccc(OCCNC(=O)C2CCC(NC(=O)CN3CCN(CC(=O)O)CCN(CC(=O)O)CCN(CC(=O)O)CC3)CC2)cc1. The third-order valence-electron chi connectivity index (χ3n) is 11.9. The Kier molecular flexibility index (Phi) is 19.2. The second-order valence-electron chi connectivity index (χ2n) is 16.9. The highest BCUT2D eigenvalue weighted by Crippen LogP contribution is 2.32. The number of carboxylic acid groups (broad SMARTS) is 3. The summed E-state index contributed by atoms with van der Waals surface area (Å²) in [5.74, 6) is -7.84. The third-order valence-corrected chi connectivity index (χ3v) is 11.9. The molecule has 2 saturated heterocycles. The number of aromatic nitrogens is 1. The Hall–Kier alpha value is -6.35. The van der Waals surface area contributed by atoms with E-state index in [9.17, 15) is 62.9 Å². The maximum absolute atomic E-state index is 13.8. The molecule has 5 rings (SSSR count). The summed E-state index contributed by atoms with van der Waals surface area (Å²) < 4.78 is 33.4. The molecule has 67 heavy (non-hydrogen) atoms. The molecule has 1 aromatic heterocycles. The number of carbonyl (C=O) groups excluding carboxylic acids is 4. The molecule has 1 aromatic carbocycles. The van der Waals surface area contributed by atoms with Crippen LogP contribution in [-0.4, -0.2) is 209 Å². The van der Waals surface area contributed by atoms with E-state index in [0.717, 1.165) is 4.90 Å².